The van der Waals surface area contributed by atoms with Gasteiger partial charge in [-0.05, 0) is 36.8 Å². The number of hydrogen-bond donors (Lipinski definition) is 1. The molecule has 3 aliphatic rings. The van der Waals surface area contributed by atoms with Gasteiger partial charge < -0.3 is 14.9 Å². The summed E-state index contributed by atoms with van der Waals surface area (Å²) in [6.45, 7) is 0.191. The Labute approximate surface area is 187 Å². The second-order valence-corrected chi connectivity index (χ2v) is 9.58. The van der Waals surface area contributed by atoms with Crippen LogP contribution in [0.15, 0.2) is 16.6 Å². The van der Waals surface area contributed by atoms with Crippen LogP contribution in [0, 0.1) is 11.8 Å². The van der Waals surface area contributed by atoms with E-state index < -0.39 is 23.9 Å². The number of alkyl halides is 3. The first kappa shape index (κ1) is 21.0. The van der Waals surface area contributed by atoms with Crippen LogP contribution in [0.2, 0.25) is 5.02 Å². The van der Waals surface area contributed by atoms with Crippen LogP contribution in [-0.2, 0) is 11.0 Å². The van der Waals surface area contributed by atoms with Gasteiger partial charge in [0.05, 0.1) is 22.7 Å². The first-order chi connectivity index (χ1) is 14.6. The number of piperazine rings is 1. The number of pyridine rings is 1. The molecule has 2 aromatic rings. The van der Waals surface area contributed by atoms with Gasteiger partial charge in [-0.1, -0.05) is 27.5 Å². The van der Waals surface area contributed by atoms with Crippen LogP contribution in [0.5, 0.6) is 0 Å². The first-order valence-electron chi connectivity index (χ1n) is 9.78. The number of rotatable bonds is 2. The van der Waals surface area contributed by atoms with E-state index in [1.165, 1.54) is 11.0 Å². The molecule has 0 unspecified atom stereocenters. The van der Waals surface area contributed by atoms with Gasteiger partial charge in [0, 0.05) is 17.6 Å². The molecule has 3 heterocycles. The fraction of sp³-hybridized carbons (Fsp3) is 0.526. The predicted molar refractivity (Wildman–Crippen MR) is 107 cm³/mol. The highest BCUT2D eigenvalue weighted by atomic mass is 79.9. The maximum Gasteiger partial charge on any atom is 0.433 e. The average Bonchev–Trinajstić information content (AvgIpc) is 3.31. The lowest BCUT2D eigenvalue weighted by Gasteiger charge is -2.39. The van der Waals surface area contributed by atoms with Gasteiger partial charge in [0.2, 0.25) is 5.91 Å². The highest BCUT2D eigenvalue weighted by Gasteiger charge is 2.55. The SMILES string of the molecule is O=C(c1nn2c(C(F)(F)F)cc(Br)cc2c1Cl)N1CCN([C@H]2C[C@@H]3C[C@@H]3[C@@H]2O)C(=O)C1. The van der Waals surface area contributed by atoms with Crippen molar-refractivity contribution in [3.05, 3.63) is 33.0 Å². The Kier molecular flexibility index (Phi) is 4.80. The minimum atomic E-state index is -4.71. The van der Waals surface area contributed by atoms with Crippen molar-refractivity contribution in [3.63, 3.8) is 0 Å². The second-order valence-electron chi connectivity index (χ2n) is 8.28. The summed E-state index contributed by atoms with van der Waals surface area (Å²) in [5, 5.41) is 14.0. The van der Waals surface area contributed by atoms with Gasteiger partial charge in [-0.15, -0.1) is 0 Å². The zero-order valence-corrected chi connectivity index (χ0v) is 18.3. The van der Waals surface area contributed by atoms with Crippen molar-refractivity contribution in [3.8, 4) is 0 Å². The molecule has 12 heteroatoms. The lowest BCUT2D eigenvalue weighted by Crippen LogP contribution is -2.57. The molecular formula is C19H17BrClF3N4O3. The third kappa shape index (κ3) is 3.41. The number of carbonyl (C=O) groups is 2. The van der Waals surface area contributed by atoms with E-state index in [9.17, 15) is 27.9 Å². The highest BCUT2D eigenvalue weighted by molar-refractivity contribution is 9.10. The van der Waals surface area contributed by atoms with Crippen molar-refractivity contribution in [1.82, 2.24) is 19.4 Å². The predicted octanol–water partition coefficient (Wildman–Crippen LogP) is 2.82. The van der Waals surface area contributed by atoms with Gasteiger partial charge in [-0.2, -0.15) is 18.3 Å². The summed E-state index contributed by atoms with van der Waals surface area (Å²) >= 11 is 9.25. The van der Waals surface area contributed by atoms with E-state index >= 15 is 0 Å². The molecule has 3 fully saturated rings. The number of amides is 2. The van der Waals surface area contributed by atoms with Crippen LogP contribution < -0.4 is 0 Å². The van der Waals surface area contributed by atoms with Gasteiger partial charge in [-0.25, -0.2) is 4.52 Å². The fourth-order valence-electron chi connectivity index (χ4n) is 4.79. The molecule has 1 aliphatic heterocycles. The van der Waals surface area contributed by atoms with Crippen LogP contribution >= 0.6 is 27.5 Å². The van der Waals surface area contributed by atoms with Crippen molar-refractivity contribution in [1.29, 1.82) is 0 Å². The Bertz CT molecular complexity index is 1110. The van der Waals surface area contributed by atoms with Crippen LogP contribution in [0.25, 0.3) is 5.52 Å². The number of aliphatic hydroxyl groups is 1. The molecule has 1 N–H and O–H groups in total. The lowest BCUT2D eigenvalue weighted by molar-refractivity contribution is -0.142. The largest absolute Gasteiger partial charge is 0.433 e. The summed E-state index contributed by atoms with van der Waals surface area (Å²) in [4.78, 5) is 28.5. The Balaban J connectivity index is 1.39. The zero-order chi connectivity index (χ0) is 22.2. The number of aliphatic hydroxyl groups excluding tert-OH is 1. The quantitative estimate of drug-likeness (QED) is 0.659. The van der Waals surface area contributed by atoms with Crippen molar-refractivity contribution >= 4 is 44.9 Å². The van der Waals surface area contributed by atoms with E-state index in [1.807, 2.05) is 0 Å². The van der Waals surface area contributed by atoms with Crippen molar-refractivity contribution in [2.75, 3.05) is 19.6 Å². The first-order valence-corrected chi connectivity index (χ1v) is 10.9. The molecule has 2 aliphatic carbocycles. The summed E-state index contributed by atoms with van der Waals surface area (Å²) < 4.78 is 41.0. The van der Waals surface area contributed by atoms with Crippen LogP contribution in [0.4, 0.5) is 13.2 Å². The number of nitrogens with zero attached hydrogens (tertiary/aromatic N) is 4. The number of aromatic nitrogens is 2. The van der Waals surface area contributed by atoms with E-state index in [4.69, 9.17) is 11.6 Å². The molecular weight excluding hydrogens is 505 g/mol. The maximum atomic E-state index is 13.4. The molecule has 4 atom stereocenters. The third-order valence-electron chi connectivity index (χ3n) is 6.43. The fourth-order valence-corrected chi connectivity index (χ4v) is 5.48. The topological polar surface area (TPSA) is 78.2 Å². The van der Waals surface area contributed by atoms with E-state index in [2.05, 4.69) is 21.0 Å². The molecule has 1 saturated heterocycles. The van der Waals surface area contributed by atoms with Crippen LogP contribution in [0.3, 0.4) is 0 Å². The smallest absolute Gasteiger partial charge is 0.391 e. The van der Waals surface area contributed by atoms with Gasteiger partial charge >= 0.3 is 6.18 Å². The minimum absolute atomic E-state index is 0.0648. The van der Waals surface area contributed by atoms with Gasteiger partial charge in [0.1, 0.15) is 12.2 Å². The summed E-state index contributed by atoms with van der Waals surface area (Å²) in [7, 11) is 0. The molecule has 5 rings (SSSR count). The molecule has 0 radical (unpaired) electrons. The highest BCUT2D eigenvalue weighted by Crippen LogP contribution is 2.53. The zero-order valence-electron chi connectivity index (χ0n) is 15.9. The second kappa shape index (κ2) is 7.08. The summed E-state index contributed by atoms with van der Waals surface area (Å²) in [6.07, 6.45) is -3.49. The third-order valence-corrected chi connectivity index (χ3v) is 7.26. The molecule has 2 amide bonds. The number of carbonyl (C=O) groups excluding carboxylic acids is 2. The summed E-state index contributed by atoms with van der Waals surface area (Å²) in [6, 6.07) is 1.96. The summed E-state index contributed by atoms with van der Waals surface area (Å²) in [5.74, 6) is -0.285. The van der Waals surface area contributed by atoms with Crippen molar-refractivity contribution < 1.29 is 27.9 Å². The van der Waals surface area contributed by atoms with E-state index in [0.29, 0.717) is 10.4 Å². The van der Waals surface area contributed by atoms with Crippen LogP contribution in [0.1, 0.15) is 29.0 Å². The molecule has 31 heavy (non-hydrogen) atoms. The molecule has 2 aromatic heterocycles. The monoisotopic (exact) mass is 520 g/mol. The minimum Gasteiger partial charge on any atom is -0.391 e. The van der Waals surface area contributed by atoms with E-state index in [-0.39, 0.29) is 58.2 Å². The Morgan fingerprint density at radius 3 is 2.61 bits per heavy atom. The Morgan fingerprint density at radius 1 is 1.26 bits per heavy atom. The van der Waals surface area contributed by atoms with E-state index in [0.717, 1.165) is 18.9 Å². The summed E-state index contributed by atoms with van der Waals surface area (Å²) in [5.41, 5.74) is -1.48. The Hall–Kier alpha value is -1.85. The van der Waals surface area contributed by atoms with E-state index in [1.54, 1.807) is 4.90 Å². The standard InChI is InChI=1S/C19H17BrClF3N4O3/c20-9-5-11-15(21)16(25-28(11)13(6-9)19(22,23)24)18(31)26-1-2-27(14(29)7-26)12-4-8-3-10(8)17(12)30/h5-6,8,10,12,17,30H,1-4,7H2/t8-,10-,12-,17-/m0/s1. The van der Waals surface area contributed by atoms with Crippen molar-refractivity contribution in [2.45, 2.75) is 31.2 Å². The van der Waals surface area contributed by atoms with Gasteiger partial charge in [0.25, 0.3) is 5.91 Å². The van der Waals surface area contributed by atoms with Crippen LogP contribution in [-0.4, -0.2) is 68.1 Å². The average molecular weight is 522 g/mol. The number of halogens is 5. The maximum absolute atomic E-state index is 13.4. The molecule has 0 spiro atoms. The molecule has 0 bridgehead atoms. The molecule has 7 nitrogen and oxygen atoms in total. The molecule has 0 aromatic carbocycles. The molecule has 2 saturated carbocycles. The number of fused-ring (bicyclic) bond motifs is 2. The Morgan fingerprint density at radius 2 is 2.00 bits per heavy atom. The number of hydrogen-bond acceptors (Lipinski definition) is 4. The van der Waals surface area contributed by atoms with Crippen molar-refractivity contribution in [2.24, 2.45) is 11.8 Å². The van der Waals surface area contributed by atoms with Gasteiger partial charge in [-0.3, -0.25) is 9.59 Å². The van der Waals surface area contributed by atoms with Gasteiger partial charge in [0.15, 0.2) is 5.69 Å². The molecule has 166 valence electrons. The lowest BCUT2D eigenvalue weighted by atomic mass is 10.1. The normalized spacial score (nSPS) is 28.4.